The summed E-state index contributed by atoms with van der Waals surface area (Å²) >= 11 is 2.91. The second-order valence-corrected chi connectivity index (χ2v) is 3.43. The summed E-state index contributed by atoms with van der Waals surface area (Å²) in [5.74, 6) is -1.36. The Labute approximate surface area is 92.2 Å². The number of aromatic carboxylic acids is 1. The first-order chi connectivity index (χ1) is 6.97. The Morgan fingerprint density at radius 1 is 1.67 bits per heavy atom. The standard InChI is InChI=1S/C8H7BrF2N2O2/c9-6-4(2-12)3(7(10)11)1-5(13-6)8(14)15/h1,7H,2,12H2,(H,14,15). The summed E-state index contributed by atoms with van der Waals surface area (Å²) < 4.78 is 25.1. The van der Waals surface area contributed by atoms with Crippen LogP contribution in [0.1, 0.15) is 28.0 Å². The van der Waals surface area contributed by atoms with Crippen LogP contribution in [0.25, 0.3) is 0 Å². The van der Waals surface area contributed by atoms with Gasteiger partial charge >= 0.3 is 5.97 Å². The van der Waals surface area contributed by atoms with Crippen LogP contribution < -0.4 is 5.73 Å². The van der Waals surface area contributed by atoms with Gasteiger partial charge in [-0.1, -0.05) is 0 Å². The molecule has 0 aliphatic carbocycles. The first kappa shape index (κ1) is 12.0. The molecule has 1 aromatic rings. The highest BCUT2D eigenvalue weighted by atomic mass is 79.9. The molecule has 1 aromatic heterocycles. The van der Waals surface area contributed by atoms with Gasteiger partial charge in [-0.25, -0.2) is 18.6 Å². The maximum atomic E-state index is 12.5. The monoisotopic (exact) mass is 280 g/mol. The van der Waals surface area contributed by atoms with Crippen molar-refractivity contribution < 1.29 is 18.7 Å². The first-order valence-electron chi connectivity index (χ1n) is 3.88. The van der Waals surface area contributed by atoms with Crippen LogP contribution in [-0.2, 0) is 6.54 Å². The number of nitrogens with two attached hydrogens (primary N) is 1. The van der Waals surface area contributed by atoms with Crippen molar-refractivity contribution in [2.24, 2.45) is 5.73 Å². The van der Waals surface area contributed by atoms with Crippen molar-refractivity contribution in [2.75, 3.05) is 0 Å². The van der Waals surface area contributed by atoms with Crippen molar-refractivity contribution in [3.05, 3.63) is 27.5 Å². The maximum absolute atomic E-state index is 12.5. The lowest BCUT2D eigenvalue weighted by atomic mass is 10.1. The molecule has 15 heavy (non-hydrogen) atoms. The minimum Gasteiger partial charge on any atom is -0.477 e. The predicted octanol–water partition coefficient (Wildman–Crippen LogP) is 1.94. The summed E-state index contributed by atoms with van der Waals surface area (Å²) in [5, 5.41) is 8.62. The number of rotatable bonds is 3. The van der Waals surface area contributed by atoms with Gasteiger partial charge in [0, 0.05) is 17.7 Å². The van der Waals surface area contributed by atoms with E-state index in [0.717, 1.165) is 6.07 Å². The first-order valence-corrected chi connectivity index (χ1v) is 4.67. The van der Waals surface area contributed by atoms with E-state index in [1.807, 2.05) is 0 Å². The van der Waals surface area contributed by atoms with E-state index in [1.165, 1.54) is 0 Å². The third kappa shape index (κ3) is 2.48. The topological polar surface area (TPSA) is 76.2 Å². The number of carboxylic acid groups (broad SMARTS) is 1. The zero-order valence-corrected chi connectivity index (χ0v) is 8.96. The zero-order valence-electron chi connectivity index (χ0n) is 7.38. The molecule has 0 atom stereocenters. The van der Waals surface area contributed by atoms with Crippen molar-refractivity contribution in [2.45, 2.75) is 13.0 Å². The molecule has 0 spiro atoms. The fourth-order valence-corrected chi connectivity index (χ4v) is 1.65. The number of hydrogen-bond donors (Lipinski definition) is 2. The Balaban J connectivity index is 3.38. The summed E-state index contributed by atoms with van der Waals surface area (Å²) in [6, 6.07) is 0.833. The molecule has 0 aliphatic rings. The zero-order chi connectivity index (χ0) is 11.6. The molecular formula is C8H7BrF2N2O2. The average Bonchev–Trinajstić information content (AvgIpc) is 2.16. The van der Waals surface area contributed by atoms with Gasteiger partial charge < -0.3 is 10.8 Å². The molecule has 0 saturated heterocycles. The molecule has 0 saturated carbocycles. The number of pyridine rings is 1. The van der Waals surface area contributed by atoms with E-state index < -0.39 is 23.7 Å². The summed E-state index contributed by atoms with van der Waals surface area (Å²) in [6.45, 7) is -0.132. The van der Waals surface area contributed by atoms with E-state index in [2.05, 4.69) is 20.9 Å². The van der Waals surface area contributed by atoms with Crippen LogP contribution in [0, 0.1) is 0 Å². The van der Waals surface area contributed by atoms with Crippen LogP contribution in [-0.4, -0.2) is 16.1 Å². The number of nitrogens with zero attached hydrogens (tertiary/aromatic N) is 1. The minimum atomic E-state index is -2.78. The molecule has 0 aliphatic heterocycles. The summed E-state index contributed by atoms with van der Waals surface area (Å²) in [4.78, 5) is 14.2. The average molecular weight is 281 g/mol. The smallest absolute Gasteiger partial charge is 0.354 e. The normalized spacial score (nSPS) is 10.7. The van der Waals surface area contributed by atoms with Gasteiger partial charge in [0.15, 0.2) is 0 Å². The van der Waals surface area contributed by atoms with Crippen molar-refractivity contribution >= 4 is 21.9 Å². The Hall–Kier alpha value is -1.08. The number of aromatic nitrogens is 1. The molecule has 3 N–H and O–H groups in total. The Bertz CT molecular complexity index is 398. The van der Waals surface area contributed by atoms with E-state index in [-0.39, 0.29) is 16.7 Å². The van der Waals surface area contributed by atoms with Crippen LogP contribution in [0.3, 0.4) is 0 Å². The van der Waals surface area contributed by atoms with Crippen LogP contribution >= 0.6 is 15.9 Å². The lowest BCUT2D eigenvalue weighted by molar-refractivity contribution is 0.0689. The van der Waals surface area contributed by atoms with Gasteiger partial charge in [0.1, 0.15) is 10.3 Å². The van der Waals surface area contributed by atoms with Crippen LogP contribution in [0.5, 0.6) is 0 Å². The number of halogens is 3. The van der Waals surface area contributed by atoms with Gasteiger partial charge in [-0.2, -0.15) is 0 Å². The Morgan fingerprint density at radius 3 is 2.67 bits per heavy atom. The lowest BCUT2D eigenvalue weighted by Gasteiger charge is -2.09. The molecule has 0 fully saturated rings. The second kappa shape index (κ2) is 4.63. The lowest BCUT2D eigenvalue weighted by Crippen LogP contribution is -2.09. The molecular weight excluding hydrogens is 274 g/mol. The van der Waals surface area contributed by atoms with E-state index in [0.29, 0.717) is 0 Å². The highest BCUT2D eigenvalue weighted by molar-refractivity contribution is 9.10. The summed E-state index contributed by atoms with van der Waals surface area (Å²) in [5.41, 5.74) is 4.54. The van der Waals surface area contributed by atoms with Crippen LogP contribution in [0.15, 0.2) is 10.7 Å². The largest absolute Gasteiger partial charge is 0.477 e. The van der Waals surface area contributed by atoms with Gasteiger partial charge in [0.25, 0.3) is 6.43 Å². The molecule has 82 valence electrons. The molecule has 0 radical (unpaired) electrons. The fourth-order valence-electron chi connectivity index (χ4n) is 1.07. The maximum Gasteiger partial charge on any atom is 0.354 e. The molecule has 4 nitrogen and oxygen atoms in total. The minimum absolute atomic E-state index is 0.0419. The number of alkyl halides is 2. The van der Waals surface area contributed by atoms with Crippen LogP contribution in [0.2, 0.25) is 0 Å². The molecule has 1 heterocycles. The quantitative estimate of drug-likeness (QED) is 0.830. The van der Waals surface area contributed by atoms with Gasteiger partial charge in [0.2, 0.25) is 0 Å². The van der Waals surface area contributed by atoms with Gasteiger partial charge in [-0.3, -0.25) is 0 Å². The molecule has 0 bridgehead atoms. The van der Waals surface area contributed by atoms with Gasteiger partial charge in [-0.05, 0) is 22.0 Å². The molecule has 0 unspecified atom stereocenters. The number of carbonyl (C=O) groups is 1. The van der Waals surface area contributed by atoms with E-state index in [9.17, 15) is 13.6 Å². The summed E-state index contributed by atoms with van der Waals surface area (Å²) in [7, 11) is 0. The molecule has 1 rings (SSSR count). The molecule has 7 heteroatoms. The Morgan fingerprint density at radius 2 is 2.27 bits per heavy atom. The molecule has 0 amide bonds. The van der Waals surface area contributed by atoms with E-state index in [4.69, 9.17) is 10.8 Å². The van der Waals surface area contributed by atoms with Crippen molar-refractivity contribution in [1.82, 2.24) is 4.98 Å². The third-order valence-corrected chi connectivity index (χ3v) is 2.42. The number of carboxylic acids is 1. The Kier molecular flexibility index (Phi) is 3.70. The van der Waals surface area contributed by atoms with Crippen LogP contribution in [0.4, 0.5) is 8.78 Å². The van der Waals surface area contributed by atoms with E-state index >= 15 is 0 Å². The predicted molar refractivity (Wildman–Crippen MR) is 51.7 cm³/mol. The number of hydrogen-bond acceptors (Lipinski definition) is 3. The highest BCUT2D eigenvalue weighted by Crippen LogP contribution is 2.28. The van der Waals surface area contributed by atoms with Gasteiger partial charge in [-0.15, -0.1) is 0 Å². The molecule has 0 aromatic carbocycles. The van der Waals surface area contributed by atoms with Crippen molar-refractivity contribution in [1.29, 1.82) is 0 Å². The van der Waals surface area contributed by atoms with E-state index in [1.54, 1.807) is 0 Å². The van der Waals surface area contributed by atoms with Crippen molar-refractivity contribution in [3.63, 3.8) is 0 Å². The van der Waals surface area contributed by atoms with Crippen molar-refractivity contribution in [3.8, 4) is 0 Å². The summed E-state index contributed by atoms with van der Waals surface area (Å²) in [6.07, 6.45) is -2.78. The van der Waals surface area contributed by atoms with Gasteiger partial charge in [0.05, 0.1) is 0 Å². The fraction of sp³-hybridized carbons (Fsp3) is 0.250. The highest BCUT2D eigenvalue weighted by Gasteiger charge is 2.19. The SMILES string of the molecule is NCc1c(C(F)F)cc(C(=O)O)nc1Br. The second-order valence-electron chi connectivity index (χ2n) is 2.68. The third-order valence-electron chi connectivity index (χ3n) is 1.77.